The predicted octanol–water partition coefficient (Wildman–Crippen LogP) is 1.85. The van der Waals surface area contributed by atoms with Crippen LogP contribution in [0.25, 0.3) is 5.78 Å². The highest BCUT2D eigenvalue weighted by Gasteiger charge is 2.32. The molecule has 0 saturated carbocycles. The molecule has 1 fully saturated rings. The summed E-state index contributed by atoms with van der Waals surface area (Å²) >= 11 is 0. The summed E-state index contributed by atoms with van der Waals surface area (Å²) in [5.74, 6) is 2.56. The van der Waals surface area contributed by atoms with Crippen LogP contribution in [0.1, 0.15) is 32.2 Å². The summed E-state index contributed by atoms with van der Waals surface area (Å²) in [6.45, 7) is 10.2. The minimum atomic E-state index is 0.0195. The van der Waals surface area contributed by atoms with E-state index in [9.17, 15) is 0 Å². The van der Waals surface area contributed by atoms with Crippen molar-refractivity contribution in [1.29, 1.82) is 0 Å². The highest BCUT2D eigenvalue weighted by Crippen LogP contribution is 2.26. The number of nitrogens with zero attached hydrogens (tertiary/aromatic N) is 8. The number of anilines is 2. The Hall–Kier alpha value is -2.77. The fraction of sp³-hybridized carbons (Fsp3) is 0.500. The number of hydrogen-bond acceptors (Lipinski definition) is 7. The highest BCUT2D eigenvalue weighted by molar-refractivity contribution is 5.51. The molecule has 8 nitrogen and oxygen atoms in total. The van der Waals surface area contributed by atoms with Crippen molar-refractivity contribution < 1.29 is 0 Å². The Labute approximate surface area is 152 Å². The molecule has 0 radical (unpaired) electrons. The molecule has 1 saturated heterocycles. The van der Waals surface area contributed by atoms with Crippen molar-refractivity contribution in [1.82, 2.24) is 29.8 Å². The van der Waals surface area contributed by atoms with E-state index in [0.717, 1.165) is 36.1 Å². The van der Waals surface area contributed by atoms with E-state index in [2.05, 4.69) is 75.0 Å². The summed E-state index contributed by atoms with van der Waals surface area (Å²) < 4.78 is 1.79. The fourth-order valence-corrected chi connectivity index (χ4v) is 3.13. The summed E-state index contributed by atoms with van der Waals surface area (Å²) in [4.78, 5) is 13.1. The second-order valence-electron chi connectivity index (χ2n) is 7.92. The zero-order valence-corrected chi connectivity index (χ0v) is 15.9. The molecule has 0 N–H and O–H groups in total. The first-order chi connectivity index (χ1) is 12.3. The van der Waals surface area contributed by atoms with Crippen LogP contribution < -0.4 is 9.80 Å². The average molecular weight is 352 g/mol. The molecule has 26 heavy (non-hydrogen) atoms. The highest BCUT2D eigenvalue weighted by atomic mass is 15.4. The van der Waals surface area contributed by atoms with Gasteiger partial charge in [-0.15, -0.1) is 5.10 Å². The molecule has 0 aliphatic carbocycles. The summed E-state index contributed by atoms with van der Waals surface area (Å²) in [6.07, 6.45) is 1.54. The van der Waals surface area contributed by atoms with Crippen LogP contribution in [0, 0.1) is 6.92 Å². The molecule has 3 aromatic heterocycles. The maximum Gasteiger partial charge on any atom is 0.254 e. The van der Waals surface area contributed by atoms with Crippen LogP contribution in [0.4, 0.5) is 11.6 Å². The molecule has 0 atom stereocenters. The molecule has 0 bridgehead atoms. The lowest BCUT2D eigenvalue weighted by atomic mass is 9.92. The van der Waals surface area contributed by atoms with Gasteiger partial charge in [0, 0.05) is 37.3 Å². The van der Waals surface area contributed by atoms with Gasteiger partial charge in [-0.25, -0.2) is 4.98 Å². The Morgan fingerprint density at radius 3 is 2.58 bits per heavy atom. The molecular formula is C18H24N8. The van der Waals surface area contributed by atoms with E-state index in [4.69, 9.17) is 0 Å². The summed E-state index contributed by atoms with van der Waals surface area (Å²) in [5, 5.41) is 13.1. The van der Waals surface area contributed by atoms with Gasteiger partial charge in [0.25, 0.3) is 5.78 Å². The first kappa shape index (κ1) is 16.7. The van der Waals surface area contributed by atoms with E-state index in [1.807, 2.05) is 13.0 Å². The van der Waals surface area contributed by atoms with Crippen molar-refractivity contribution in [3.05, 3.63) is 35.9 Å². The average Bonchev–Trinajstić information content (AvgIpc) is 3.00. The van der Waals surface area contributed by atoms with E-state index >= 15 is 0 Å². The van der Waals surface area contributed by atoms with Crippen LogP contribution in [-0.4, -0.2) is 56.0 Å². The van der Waals surface area contributed by atoms with Gasteiger partial charge >= 0.3 is 0 Å². The van der Waals surface area contributed by atoms with E-state index in [-0.39, 0.29) is 5.41 Å². The van der Waals surface area contributed by atoms with E-state index in [1.165, 1.54) is 0 Å². The summed E-state index contributed by atoms with van der Waals surface area (Å²) in [5.41, 5.74) is 1.97. The lowest BCUT2D eigenvalue weighted by Crippen LogP contribution is -2.59. The van der Waals surface area contributed by atoms with Crippen LogP contribution in [0.2, 0.25) is 0 Å². The fourth-order valence-electron chi connectivity index (χ4n) is 3.13. The second-order valence-corrected chi connectivity index (χ2v) is 7.92. The van der Waals surface area contributed by atoms with E-state index < -0.39 is 0 Å². The van der Waals surface area contributed by atoms with Gasteiger partial charge in [-0.05, 0) is 19.1 Å². The number of aryl methyl sites for hydroxylation is 1. The molecule has 0 unspecified atom stereocenters. The third-order valence-electron chi connectivity index (χ3n) is 4.88. The smallest absolute Gasteiger partial charge is 0.254 e. The first-order valence-corrected chi connectivity index (χ1v) is 8.82. The van der Waals surface area contributed by atoms with Gasteiger partial charge < -0.3 is 9.80 Å². The summed E-state index contributed by atoms with van der Waals surface area (Å²) in [7, 11) is 2.09. The SMILES string of the molecule is Cc1cc(N(C)C2CN(c3ccc(C(C)(C)C)nn3)C2)n2ncnc2n1. The molecule has 0 spiro atoms. The maximum atomic E-state index is 4.41. The Morgan fingerprint density at radius 1 is 1.15 bits per heavy atom. The van der Waals surface area contributed by atoms with Gasteiger partial charge in [0.15, 0.2) is 5.82 Å². The van der Waals surface area contributed by atoms with Gasteiger partial charge in [-0.1, -0.05) is 20.8 Å². The monoisotopic (exact) mass is 352 g/mol. The first-order valence-electron chi connectivity index (χ1n) is 8.82. The minimum Gasteiger partial charge on any atom is -0.353 e. The van der Waals surface area contributed by atoms with E-state index in [1.54, 1.807) is 10.8 Å². The standard InChI is InChI=1S/C18H24N8/c1-12-8-16(26-17(21-12)19-11-20-26)24(5)13-9-25(10-13)15-7-6-14(22-23-15)18(2,3)4/h6-8,11,13H,9-10H2,1-5H3. The third-order valence-corrected chi connectivity index (χ3v) is 4.88. The molecule has 4 heterocycles. The molecule has 3 aromatic rings. The zero-order chi connectivity index (χ0) is 18.5. The molecule has 1 aliphatic rings. The Morgan fingerprint density at radius 2 is 1.92 bits per heavy atom. The topological polar surface area (TPSA) is 75.3 Å². The van der Waals surface area contributed by atoms with Crippen molar-refractivity contribution >= 4 is 17.4 Å². The Balaban J connectivity index is 1.48. The van der Waals surface area contributed by atoms with Gasteiger partial charge in [0.1, 0.15) is 12.1 Å². The zero-order valence-electron chi connectivity index (χ0n) is 15.9. The largest absolute Gasteiger partial charge is 0.353 e. The number of aromatic nitrogens is 6. The summed E-state index contributed by atoms with van der Waals surface area (Å²) in [6, 6.07) is 6.57. The number of likely N-dealkylation sites (N-methyl/N-ethyl adjacent to an activating group) is 1. The minimum absolute atomic E-state index is 0.0195. The van der Waals surface area contributed by atoms with Crippen molar-refractivity contribution in [2.75, 3.05) is 29.9 Å². The van der Waals surface area contributed by atoms with Gasteiger partial charge in [0.05, 0.1) is 11.7 Å². The molecular weight excluding hydrogens is 328 g/mol. The number of rotatable bonds is 3. The van der Waals surface area contributed by atoms with Crippen LogP contribution in [-0.2, 0) is 5.41 Å². The van der Waals surface area contributed by atoms with E-state index in [0.29, 0.717) is 11.8 Å². The normalized spacial score (nSPS) is 15.3. The predicted molar refractivity (Wildman–Crippen MR) is 101 cm³/mol. The molecule has 8 heteroatoms. The number of fused-ring (bicyclic) bond motifs is 1. The molecule has 0 aromatic carbocycles. The third kappa shape index (κ3) is 2.85. The second kappa shape index (κ2) is 5.89. The van der Waals surface area contributed by atoms with Crippen molar-refractivity contribution in [2.24, 2.45) is 0 Å². The molecule has 0 amide bonds. The van der Waals surface area contributed by atoms with Crippen LogP contribution in [0.5, 0.6) is 0 Å². The van der Waals surface area contributed by atoms with Crippen molar-refractivity contribution in [2.45, 2.75) is 39.2 Å². The molecule has 1 aliphatic heterocycles. The van der Waals surface area contributed by atoms with Gasteiger partial charge in [-0.3, -0.25) is 0 Å². The van der Waals surface area contributed by atoms with Gasteiger partial charge in [0.2, 0.25) is 0 Å². The van der Waals surface area contributed by atoms with Crippen LogP contribution in [0.15, 0.2) is 24.5 Å². The number of hydrogen-bond donors (Lipinski definition) is 0. The molecule has 4 rings (SSSR count). The molecule has 136 valence electrons. The lowest BCUT2D eigenvalue weighted by molar-refractivity contribution is 0.482. The maximum absolute atomic E-state index is 4.41. The van der Waals surface area contributed by atoms with Crippen LogP contribution >= 0.6 is 0 Å². The quantitative estimate of drug-likeness (QED) is 0.712. The van der Waals surface area contributed by atoms with Crippen molar-refractivity contribution in [3.8, 4) is 0 Å². The lowest BCUT2D eigenvalue weighted by Gasteiger charge is -2.45. The Kier molecular flexibility index (Phi) is 3.78. The van der Waals surface area contributed by atoms with Crippen molar-refractivity contribution in [3.63, 3.8) is 0 Å². The Bertz CT molecular complexity index is 919. The van der Waals surface area contributed by atoms with Crippen LogP contribution in [0.3, 0.4) is 0 Å². The van der Waals surface area contributed by atoms with Gasteiger partial charge in [-0.2, -0.15) is 19.7 Å².